The van der Waals surface area contributed by atoms with Crippen LogP contribution in [-0.4, -0.2) is 0 Å². The minimum absolute atomic E-state index is 0.939. The molecule has 11 rings (SSSR count). The summed E-state index contributed by atoms with van der Waals surface area (Å²) in [4.78, 5) is 0. The van der Waals surface area contributed by atoms with E-state index < -0.39 is 0 Å². The minimum atomic E-state index is 0.939. The van der Waals surface area contributed by atoms with Crippen LogP contribution >= 0.6 is 0 Å². The Hall–Kier alpha value is -6.44. The Bertz CT molecular complexity index is 3050. The summed E-state index contributed by atoms with van der Waals surface area (Å²) in [6.07, 6.45) is 0. The average Bonchev–Trinajstić information content (AvgIpc) is 3.55. The topological polar surface area (TPSA) is 13.1 Å². The Balaban J connectivity index is 1.22. The molecule has 0 radical (unpaired) electrons. The summed E-state index contributed by atoms with van der Waals surface area (Å²) in [5.74, 6) is 0. The van der Waals surface area contributed by atoms with E-state index in [2.05, 4.69) is 170 Å². The van der Waals surface area contributed by atoms with Crippen LogP contribution in [0.5, 0.6) is 0 Å². The maximum absolute atomic E-state index is 6.36. The molecule has 0 bridgehead atoms. The molecule has 0 atom stereocenters. The quantitative estimate of drug-likeness (QED) is 0.141. The highest BCUT2D eigenvalue weighted by molar-refractivity contribution is 6.29. The van der Waals surface area contributed by atoms with Gasteiger partial charge in [0.05, 0.1) is 0 Å². The van der Waals surface area contributed by atoms with Gasteiger partial charge in [-0.1, -0.05) is 146 Å². The molecule has 0 aliphatic carbocycles. The SMILES string of the molecule is c1ccc2cc(-c3cccc4c(-c5c6ccccc6c(-c6ccc7oc8cccc9ccc6c7c98)c6ccccc56)cccc34)ccc2c1. The van der Waals surface area contributed by atoms with Gasteiger partial charge >= 0.3 is 0 Å². The average molecular weight is 621 g/mol. The second kappa shape index (κ2) is 10.0. The van der Waals surface area contributed by atoms with Crippen molar-refractivity contribution in [2.75, 3.05) is 0 Å². The predicted molar refractivity (Wildman–Crippen MR) is 209 cm³/mol. The molecule has 11 aromatic rings. The first-order valence-corrected chi connectivity index (χ1v) is 16.9. The van der Waals surface area contributed by atoms with E-state index in [1.807, 2.05) is 0 Å². The highest BCUT2D eigenvalue weighted by Gasteiger charge is 2.22. The van der Waals surface area contributed by atoms with Gasteiger partial charge in [-0.2, -0.15) is 0 Å². The van der Waals surface area contributed by atoms with E-state index in [-0.39, 0.29) is 0 Å². The number of hydrogen-bond donors (Lipinski definition) is 0. The van der Waals surface area contributed by atoms with Gasteiger partial charge in [0.1, 0.15) is 11.2 Å². The summed E-state index contributed by atoms with van der Waals surface area (Å²) in [5.41, 5.74) is 9.39. The molecule has 1 nitrogen and oxygen atoms in total. The van der Waals surface area contributed by atoms with Gasteiger partial charge in [0, 0.05) is 10.8 Å². The zero-order valence-electron chi connectivity index (χ0n) is 26.6. The molecule has 0 unspecified atom stereocenters. The normalized spacial score (nSPS) is 12.1. The first-order chi connectivity index (χ1) is 24.3. The van der Waals surface area contributed by atoms with Crippen molar-refractivity contribution in [1.29, 1.82) is 0 Å². The van der Waals surface area contributed by atoms with Crippen molar-refractivity contribution in [2.45, 2.75) is 0 Å². The fourth-order valence-corrected chi connectivity index (χ4v) is 8.51. The zero-order chi connectivity index (χ0) is 32.1. The second-order valence-electron chi connectivity index (χ2n) is 13.2. The number of benzene rings is 10. The lowest BCUT2D eigenvalue weighted by Crippen LogP contribution is -1.93. The number of furan rings is 1. The molecule has 0 N–H and O–H groups in total. The van der Waals surface area contributed by atoms with E-state index >= 15 is 0 Å². The highest BCUT2D eigenvalue weighted by atomic mass is 16.3. The summed E-state index contributed by atoms with van der Waals surface area (Å²) in [5, 5.41) is 14.9. The summed E-state index contributed by atoms with van der Waals surface area (Å²) in [6.45, 7) is 0. The number of fused-ring (bicyclic) bond motifs is 4. The number of rotatable bonds is 3. The van der Waals surface area contributed by atoms with Gasteiger partial charge in [-0.05, 0) is 112 Å². The van der Waals surface area contributed by atoms with E-state index in [1.54, 1.807) is 0 Å². The van der Waals surface area contributed by atoms with Crippen LogP contribution in [0.25, 0.3) is 109 Å². The van der Waals surface area contributed by atoms with E-state index in [4.69, 9.17) is 4.42 Å². The fourth-order valence-electron chi connectivity index (χ4n) is 8.51. The van der Waals surface area contributed by atoms with Crippen molar-refractivity contribution in [3.63, 3.8) is 0 Å². The highest BCUT2D eigenvalue weighted by Crippen LogP contribution is 2.49. The van der Waals surface area contributed by atoms with E-state index in [9.17, 15) is 0 Å². The van der Waals surface area contributed by atoms with Crippen molar-refractivity contribution in [3.8, 4) is 33.4 Å². The Morgan fingerprint density at radius 2 is 0.816 bits per heavy atom. The molecule has 226 valence electrons. The third-order valence-electron chi connectivity index (χ3n) is 10.6. The molecule has 0 spiro atoms. The second-order valence-corrected chi connectivity index (χ2v) is 13.2. The van der Waals surface area contributed by atoms with Crippen molar-refractivity contribution < 1.29 is 4.42 Å². The van der Waals surface area contributed by atoms with Crippen LogP contribution < -0.4 is 0 Å². The van der Waals surface area contributed by atoms with E-state index in [0.29, 0.717) is 0 Å². The Morgan fingerprint density at radius 1 is 0.286 bits per heavy atom. The Kier molecular flexibility index (Phi) is 5.45. The first-order valence-electron chi connectivity index (χ1n) is 16.9. The van der Waals surface area contributed by atoms with Crippen molar-refractivity contribution in [3.05, 3.63) is 170 Å². The molecule has 0 saturated heterocycles. The Morgan fingerprint density at radius 3 is 1.55 bits per heavy atom. The summed E-state index contributed by atoms with van der Waals surface area (Å²) >= 11 is 0. The van der Waals surface area contributed by atoms with Gasteiger partial charge in [0.25, 0.3) is 0 Å². The molecule has 1 heteroatoms. The first kappa shape index (κ1) is 26.6. The summed E-state index contributed by atoms with van der Waals surface area (Å²) in [6, 6.07) is 62.2. The van der Waals surface area contributed by atoms with Crippen LogP contribution in [0.1, 0.15) is 0 Å². The fraction of sp³-hybridized carbons (Fsp3) is 0. The number of hydrogen-bond acceptors (Lipinski definition) is 1. The molecule has 0 amide bonds. The molecule has 0 saturated carbocycles. The van der Waals surface area contributed by atoms with Gasteiger partial charge in [-0.25, -0.2) is 0 Å². The van der Waals surface area contributed by atoms with E-state index in [1.165, 1.54) is 98.0 Å². The smallest absolute Gasteiger partial charge is 0.136 e. The predicted octanol–water partition coefficient (Wildman–Crippen LogP) is 13.8. The molecule has 0 aliphatic rings. The maximum atomic E-state index is 6.36. The third kappa shape index (κ3) is 3.76. The monoisotopic (exact) mass is 620 g/mol. The lowest BCUT2D eigenvalue weighted by Gasteiger charge is -2.20. The van der Waals surface area contributed by atoms with Gasteiger partial charge in [0.15, 0.2) is 0 Å². The van der Waals surface area contributed by atoms with Gasteiger partial charge in [0.2, 0.25) is 0 Å². The van der Waals surface area contributed by atoms with Crippen LogP contribution in [0.15, 0.2) is 174 Å². The summed E-state index contributed by atoms with van der Waals surface area (Å²) in [7, 11) is 0. The standard InChI is InChI=1S/C48H28O/c1-2-11-31-28-32(23-22-29(31)10-1)33-17-8-19-35-34(33)18-9-20-36(35)46-37-13-3-5-15-39(37)47(40-16-6-4-14-38(40)46)41-26-27-44-48-42(41)25-24-30-12-7-21-43(49-44)45(30)48/h1-28H. The lowest BCUT2D eigenvalue weighted by atomic mass is 9.83. The summed E-state index contributed by atoms with van der Waals surface area (Å²) < 4.78 is 6.36. The zero-order valence-corrected chi connectivity index (χ0v) is 26.6. The molecular weight excluding hydrogens is 593 g/mol. The molecule has 1 aromatic heterocycles. The molecule has 1 heterocycles. The molecular formula is C48H28O. The van der Waals surface area contributed by atoms with Crippen LogP contribution in [0.4, 0.5) is 0 Å². The molecule has 10 aromatic carbocycles. The van der Waals surface area contributed by atoms with Crippen molar-refractivity contribution >= 4 is 75.8 Å². The van der Waals surface area contributed by atoms with Gasteiger partial charge in [-0.15, -0.1) is 0 Å². The van der Waals surface area contributed by atoms with Crippen LogP contribution in [-0.2, 0) is 0 Å². The minimum Gasteiger partial charge on any atom is -0.456 e. The largest absolute Gasteiger partial charge is 0.456 e. The molecule has 0 aliphatic heterocycles. The van der Waals surface area contributed by atoms with Crippen LogP contribution in [0, 0.1) is 0 Å². The van der Waals surface area contributed by atoms with Crippen molar-refractivity contribution in [2.24, 2.45) is 0 Å². The lowest BCUT2D eigenvalue weighted by molar-refractivity contribution is 0.669. The van der Waals surface area contributed by atoms with Crippen molar-refractivity contribution in [1.82, 2.24) is 0 Å². The van der Waals surface area contributed by atoms with Gasteiger partial charge < -0.3 is 4.42 Å². The molecule has 0 fully saturated rings. The van der Waals surface area contributed by atoms with Crippen LogP contribution in [0.3, 0.4) is 0 Å². The van der Waals surface area contributed by atoms with Gasteiger partial charge in [-0.3, -0.25) is 0 Å². The van der Waals surface area contributed by atoms with Crippen LogP contribution in [0.2, 0.25) is 0 Å². The van der Waals surface area contributed by atoms with E-state index in [0.717, 1.165) is 11.2 Å². The Labute approximate surface area is 282 Å². The molecule has 49 heavy (non-hydrogen) atoms. The maximum Gasteiger partial charge on any atom is 0.136 e. The third-order valence-corrected chi connectivity index (χ3v) is 10.6.